The van der Waals surface area contributed by atoms with Gasteiger partial charge in [0.1, 0.15) is 5.75 Å². The average Bonchev–Trinajstić information content (AvgIpc) is 2.33. The van der Waals surface area contributed by atoms with Crippen molar-refractivity contribution >= 4 is 17.5 Å². The Morgan fingerprint density at radius 1 is 1.37 bits per heavy atom. The van der Waals surface area contributed by atoms with Crippen LogP contribution in [0.15, 0.2) is 30.3 Å². The average molecular weight is 279 g/mol. The Labute approximate surface area is 121 Å². The molecule has 0 aliphatic rings. The Morgan fingerprint density at radius 2 is 2.00 bits per heavy atom. The quantitative estimate of drug-likeness (QED) is 0.772. The van der Waals surface area contributed by atoms with Crippen molar-refractivity contribution in [3.05, 3.63) is 35.9 Å². The van der Waals surface area contributed by atoms with Crippen LogP contribution in [0.2, 0.25) is 0 Å². The molecule has 2 nitrogen and oxygen atoms in total. The van der Waals surface area contributed by atoms with Gasteiger partial charge >= 0.3 is 0 Å². The number of para-hydroxylation sites is 1. The van der Waals surface area contributed by atoms with Gasteiger partial charge < -0.3 is 5.11 Å². The summed E-state index contributed by atoms with van der Waals surface area (Å²) in [6.45, 7) is 10.8. The lowest BCUT2D eigenvalue weighted by Gasteiger charge is -2.21. The Balaban J connectivity index is 2.80. The zero-order chi connectivity index (χ0) is 14.5. The predicted octanol–water partition coefficient (Wildman–Crippen LogP) is 4.61. The Hall–Kier alpha value is -0.930. The summed E-state index contributed by atoms with van der Waals surface area (Å²) in [5.41, 5.74) is 2.10. The Bertz CT molecular complexity index is 435. The van der Waals surface area contributed by atoms with Crippen molar-refractivity contribution in [2.24, 2.45) is 0 Å². The second-order valence-corrected chi connectivity index (χ2v) is 7.35. The van der Waals surface area contributed by atoms with Gasteiger partial charge in [0.05, 0.1) is 0 Å². The van der Waals surface area contributed by atoms with Crippen molar-refractivity contribution in [3.63, 3.8) is 0 Å². The molecule has 0 aliphatic heterocycles. The monoisotopic (exact) mass is 279 g/mol. The molecule has 3 heteroatoms. The van der Waals surface area contributed by atoms with Gasteiger partial charge in [0, 0.05) is 16.4 Å². The molecule has 0 fully saturated rings. The summed E-state index contributed by atoms with van der Waals surface area (Å²) in [6, 6.07) is 7.78. The molecule has 0 heterocycles. The van der Waals surface area contributed by atoms with Gasteiger partial charge in [-0.15, -0.1) is 0 Å². The molecule has 1 aromatic rings. The number of phenols is 1. The van der Waals surface area contributed by atoms with Gasteiger partial charge in [-0.1, -0.05) is 43.1 Å². The minimum atomic E-state index is 0.198. The van der Waals surface area contributed by atoms with Crippen LogP contribution in [-0.4, -0.2) is 15.9 Å². The minimum absolute atomic E-state index is 0.198. The van der Waals surface area contributed by atoms with Gasteiger partial charge in [0.2, 0.25) is 0 Å². The van der Waals surface area contributed by atoms with Gasteiger partial charge in [-0.25, -0.2) is 0 Å². The normalized spacial score (nSPS) is 14.5. The van der Waals surface area contributed by atoms with Crippen molar-refractivity contribution in [2.75, 3.05) is 0 Å². The van der Waals surface area contributed by atoms with E-state index in [1.807, 2.05) is 18.2 Å². The SMILES string of the molecule is CC/C(=C\[C@@H](C)NSC(C)(C)C)c1ccccc1O. The summed E-state index contributed by atoms with van der Waals surface area (Å²) in [5, 5.41) is 9.92. The molecule has 0 spiro atoms. The molecule has 0 aromatic heterocycles. The molecule has 1 aromatic carbocycles. The smallest absolute Gasteiger partial charge is 0.123 e. The van der Waals surface area contributed by atoms with E-state index in [4.69, 9.17) is 0 Å². The molecule has 0 unspecified atom stereocenters. The number of phenolic OH excluding ortho intramolecular Hbond substituents is 1. The third-order valence-corrected chi connectivity index (χ3v) is 3.74. The van der Waals surface area contributed by atoms with E-state index in [-0.39, 0.29) is 10.8 Å². The van der Waals surface area contributed by atoms with E-state index in [0.29, 0.717) is 5.75 Å². The molecule has 1 atom stereocenters. The summed E-state index contributed by atoms with van der Waals surface area (Å²) >= 11 is 1.74. The second kappa shape index (κ2) is 7.01. The fourth-order valence-corrected chi connectivity index (χ4v) is 2.36. The zero-order valence-corrected chi connectivity index (χ0v) is 13.3. The predicted molar refractivity (Wildman–Crippen MR) is 86.3 cm³/mol. The van der Waals surface area contributed by atoms with Crippen LogP contribution in [0, 0.1) is 0 Å². The van der Waals surface area contributed by atoms with E-state index in [2.05, 4.69) is 45.4 Å². The van der Waals surface area contributed by atoms with Crippen LogP contribution in [0.5, 0.6) is 5.75 Å². The minimum Gasteiger partial charge on any atom is -0.507 e. The lowest BCUT2D eigenvalue weighted by Crippen LogP contribution is -2.23. The summed E-state index contributed by atoms with van der Waals surface area (Å²) in [7, 11) is 0. The van der Waals surface area contributed by atoms with Crippen LogP contribution >= 0.6 is 11.9 Å². The number of rotatable bonds is 5. The van der Waals surface area contributed by atoms with Crippen LogP contribution in [0.1, 0.15) is 46.6 Å². The first-order valence-electron chi connectivity index (χ1n) is 6.76. The van der Waals surface area contributed by atoms with Crippen LogP contribution in [0.25, 0.3) is 5.57 Å². The first kappa shape index (κ1) is 16.1. The Morgan fingerprint density at radius 3 is 2.53 bits per heavy atom. The fourth-order valence-electron chi connectivity index (χ4n) is 1.75. The highest BCUT2D eigenvalue weighted by molar-refractivity contribution is 7.98. The standard InChI is InChI=1S/C16H25NOS/c1-6-13(14-9-7-8-10-15(14)18)11-12(2)17-19-16(3,4)5/h7-12,17-18H,6H2,1-5H3/b13-11+/t12-/m1/s1. The van der Waals surface area contributed by atoms with Crippen LogP contribution < -0.4 is 4.72 Å². The van der Waals surface area contributed by atoms with E-state index < -0.39 is 0 Å². The van der Waals surface area contributed by atoms with Gasteiger partial charge in [0.25, 0.3) is 0 Å². The van der Waals surface area contributed by atoms with Crippen LogP contribution in [0.4, 0.5) is 0 Å². The van der Waals surface area contributed by atoms with Crippen molar-refractivity contribution in [3.8, 4) is 5.75 Å². The van der Waals surface area contributed by atoms with Gasteiger partial charge in [-0.05, 0) is 45.8 Å². The van der Waals surface area contributed by atoms with E-state index in [1.165, 1.54) is 5.57 Å². The van der Waals surface area contributed by atoms with Crippen LogP contribution in [-0.2, 0) is 0 Å². The van der Waals surface area contributed by atoms with Crippen molar-refractivity contribution in [1.29, 1.82) is 0 Å². The molecule has 2 N–H and O–H groups in total. The summed E-state index contributed by atoms with van der Waals surface area (Å²) in [5.74, 6) is 0.353. The Kier molecular flexibility index (Phi) is 5.95. The maximum atomic E-state index is 9.92. The number of nitrogens with one attached hydrogen (secondary N) is 1. The largest absolute Gasteiger partial charge is 0.507 e. The van der Waals surface area contributed by atoms with E-state index in [9.17, 15) is 5.11 Å². The van der Waals surface area contributed by atoms with Crippen LogP contribution in [0.3, 0.4) is 0 Å². The van der Waals surface area contributed by atoms with E-state index >= 15 is 0 Å². The number of allylic oxidation sites excluding steroid dienone is 1. The van der Waals surface area contributed by atoms with E-state index in [1.54, 1.807) is 18.0 Å². The first-order chi connectivity index (χ1) is 8.83. The topological polar surface area (TPSA) is 32.3 Å². The summed E-state index contributed by atoms with van der Waals surface area (Å²) < 4.78 is 3.63. The molecule has 0 saturated heterocycles. The highest BCUT2D eigenvalue weighted by atomic mass is 32.2. The molecule has 0 aliphatic carbocycles. The number of aromatic hydroxyl groups is 1. The van der Waals surface area contributed by atoms with Gasteiger partial charge in [0.15, 0.2) is 0 Å². The molecule has 19 heavy (non-hydrogen) atoms. The van der Waals surface area contributed by atoms with E-state index in [0.717, 1.165) is 12.0 Å². The molecular weight excluding hydrogens is 254 g/mol. The molecule has 0 saturated carbocycles. The zero-order valence-electron chi connectivity index (χ0n) is 12.5. The molecule has 1 rings (SSSR count). The highest BCUT2D eigenvalue weighted by Crippen LogP contribution is 2.28. The number of hydrogen-bond acceptors (Lipinski definition) is 3. The molecule has 106 valence electrons. The first-order valence-corrected chi connectivity index (χ1v) is 7.57. The van der Waals surface area contributed by atoms with Gasteiger partial charge in [-0.2, -0.15) is 0 Å². The lowest BCUT2D eigenvalue weighted by molar-refractivity contribution is 0.473. The maximum Gasteiger partial charge on any atom is 0.123 e. The third-order valence-electron chi connectivity index (χ3n) is 2.63. The molecule has 0 amide bonds. The molecule has 0 radical (unpaired) electrons. The van der Waals surface area contributed by atoms with Crippen molar-refractivity contribution in [2.45, 2.75) is 51.8 Å². The fraction of sp³-hybridized carbons (Fsp3) is 0.500. The van der Waals surface area contributed by atoms with Gasteiger partial charge in [-0.3, -0.25) is 4.72 Å². The molecular formula is C16H25NOS. The second-order valence-electron chi connectivity index (χ2n) is 5.68. The number of hydrogen-bond donors (Lipinski definition) is 2. The maximum absolute atomic E-state index is 9.92. The summed E-state index contributed by atoms with van der Waals surface area (Å²) in [4.78, 5) is 0. The van der Waals surface area contributed by atoms with Crippen molar-refractivity contribution in [1.82, 2.24) is 4.72 Å². The third kappa shape index (κ3) is 5.70. The van der Waals surface area contributed by atoms with Crippen molar-refractivity contribution < 1.29 is 5.11 Å². The number of benzene rings is 1. The molecule has 0 bridgehead atoms. The lowest BCUT2D eigenvalue weighted by atomic mass is 10.0. The summed E-state index contributed by atoms with van der Waals surface area (Å²) in [6.07, 6.45) is 3.09. The highest BCUT2D eigenvalue weighted by Gasteiger charge is 2.12.